The summed E-state index contributed by atoms with van der Waals surface area (Å²) in [6.07, 6.45) is 2.11. The van der Waals surface area contributed by atoms with E-state index in [1.165, 1.54) is 12.4 Å². The third kappa shape index (κ3) is 2.29. The van der Waals surface area contributed by atoms with Gasteiger partial charge < -0.3 is 0 Å². The molecule has 0 saturated heterocycles. The first-order chi connectivity index (χ1) is 8.13. The van der Waals surface area contributed by atoms with Crippen molar-refractivity contribution in [1.82, 2.24) is 9.97 Å². The molecule has 0 fully saturated rings. The van der Waals surface area contributed by atoms with Crippen molar-refractivity contribution in [2.24, 2.45) is 0 Å². The molecule has 88 valence electrons. The van der Waals surface area contributed by atoms with Gasteiger partial charge in [-0.15, -0.1) is 0 Å². The predicted octanol–water partition coefficient (Wildman–Crippen LogP) is 3.81. The summed E-state index contributed by atoms with van der Waals surface area (Å²) in [6, 6.07) is 5.06. The highest BCUT2D eigenvalue weighted by Gasteiger charge is 2.11. The summed E-state index contributed by atoms with van der Waals surface area (Å²) in [5.74, 6) is -0.237. The average Bonchev–Trinajstić information content (AvgIpc) is 2.32. The topological polar surface area (TPSA) is 25.8 Å². The highest BCUT2D eigenvalue weighted by Crippen LogP contribution is 2.27. The van der Waals surface area contributed by atoms with E-state index in [0.717, 1.165) is 11.1 Å². The number of rotatable bonds is 2. The summed E-state index contributed by atoms with van der Waals surface area (Å²) in [6.45, 7) is 3.70. The first kappa shape index (κ1) is 12.0. The molecule has 0 aliphatic carbocycles. The van der Waals surface area contributed by atoms with Crippen molar-refractivity contribution in [3.63, 3.8) is 0 Å². The molecule has 2 nitrogen and oxygen atoms in total. The number of nitrogens with zero attached hydrogens (tertiary/aromatic N) is 2. The molecular formula is C13H12ClFN2. The summed E-state index contributed by atoms with van der Waals surface area (Å²) in [4.78, 5) is 8.13. The number of hydrogen-bond donors (Lipinski definition) is 0. The van der Waals surface area contributed by atoms with Gasteiger partial charge in [0.05, 0.1) is 5.69 Å². The quantitative estimate of drug-likeness (QED) is 0.758. The lowest BCUT2D eigenvalue weighted by atomic mass is 10.0. The number of aryl methyl sites for hydroxylation is 1. The molecule has 0 aliphatic heterocycles. The number of halogens is 2. The molecule has 2 rings (SSSR count). The standard InChI is InChI=1S/C13H12ClFN2/c1-3-10-12(16-7-17-13(10)14)9-5-4-8(2)11(15)6-9/h4-7H,3H2,1-2H3. The maximum absolute atomic E-state index is 13.5. The molecule has 0 amide bonds. The van der Waals surface area contributed by atoms with Crippen LogP contribution in [-0.2, 0) is 6.42 Å². The van der Waals surface area contributed by atoms with Gasteiger partial charge in [0, 0.05) is 11.1 Å². The minimum Gasteiger partial charge on any atom is -0.236 e. The van der Waals surface area contributed by atoms with E-state index < -0.39 is 0 Å². The van der Waals surface area contributed by atoms with Crippen LogP contribution in [0, 0.1) is 12.7 Å². The van der Waals surface area contributed by atoms with Crippen molar-refractivity contribution in [3.05, 3.63) is 46.6 Å². The van der Waals surface area contributed by atoms with Crippen LogP contribution in [0.4, 0.5) is 4.39 Å². The van der Waals surface area contributed by atoms with Crippen molar-refractivity contribution in [2.75, 3.05) is 0 Å². The average molecular weight is 251 g/mol. The fourth-order valence-electron chi connectivity index (χ4n) is 1.69. The van der Waals surface area contributed by atoms with E-state index in [0.29, 0.717) is 22.8 Å². The van der Waals surface area contributed by atoms with Crippen molar-refractivity contribution in [2.45, 2.75) is 20.3 Å². The van der Waals surface area contributed by atoms with Gasteiger partial charge in [0.15, 0.2) is 0 Å². The highest BCUT2D eigenvalue weighted by molar-refractivity contribution is 6.30. The van der Waals surface area contributed by atoms with Crippen LogP contribution in [-0.4, -0.2) is 9.97 Å². The van der Waals surface area contributed by atoms with Crippen molar-refractivity contribution in [1.29, 1.82) is 0 Å². The van der Waals surface area contributed by atoms with Gasteiger partial charge in [-0.05, 0) is 25.0 Å². The van der Waals surface area contributed by atoms with Crippen molar-refractivity contribution in [3.8, 4) is 11.3 Å². The lowest BCUT2D eigenvalue weighted by Gasteiger charge is -2.08. The Bertz CT molecular complexity index is 555. The van der Waals surface area contributed by atoms with E-state index in [9.17, 15) is 4.39 Å². The maximum atomic E-state index is 13.5. The first-order valence-electron chi connectivity index (χ1n) is 5.39. The Morgan fingerprint density at radius 3 is 2.71 bits per heavy atom. The normalized spacial score (nSPS) is 10.6. The lowest BCUT2D eigenvalue weighted by Crippen LogP contribution is -1.96. The van der Waals surface area contributed by atoms with Crippen LogP contribution >= 0.6 is 11.6 Å². The molecule has 17 heavy (non-hydrogen) atoms. The number of hydrogen-bond acceptors (Lipinski definition) is 2. The molecular weight excluding hydrogens is 239 g/mol. The van der Waals surface area contributed by atoms with Crippen LogP contribution in [0.15, 0.2) is 24.5 Å². The van der Waals surface area contributed by atoms with E-state index in [1.807, 2.05) is 13.0 Å². The number of aromatic nitrogens is 2. The SMILES string of the molecule is CCc1c(Cl)ncnc1-c1ccc(C)c(F)c1. The monoisotopic (exact) mass is 250 g/mol. The zero-order valence-corrected chi connectivity index (χ0v) is 10.4. The molecule has 0 saturated carbocycles. The van der Waals surface area contributed by atoms with Gasteiger partial charge in [-0.25, -0.2) is 14.4 Å². The molecule has 2 aromatic rings. The van der Waals surface area contributed by atoms with E-state index in [4.69, 9.17) is 11.6 Å². The molecule has 0 aliphatic rings. The molecule has 0 spiro atoms. The third-order valence-corrected chi connectivity index (χ3v) is 3.02. The first-order valence-corrected chi connectivity index (χ1v) is 5.77. The molecule has 0 unspecified atom stereocenters. The van der Waals surface area contributed by atoms with Gasteiger partial charge in [-0.2, -0.15) is 0 Å². The van der Waals surface area contributed by atoms with Crippen LogP contribution in [0.1, 0.15) is 18.1 Å². The van der Waals surface area contributed by atoms with E-state index in [-0.39, 0.29) is 5.82 Å². The Balaban J connectivity index is 2.60. The Labute approximate surface area is 104 Å². The summed E-state index contributed by atoms with van der Waals surface area (Å²) in [7, 11) is 0. The maximum Gasteiger partial charge on any atom is 0.136 e. The van der Waals surface area contributed by atoms with Gasteiger partial charge in [0.1, 0.15) is 17.3 Å². The largest absolute Gasteiger partial charge is 0.236 e. The summed E-state index contributed by atoms with van der Waals surface area (Å²) in [5, 5.41) is 0.429. The van der Waals surface area contributed by atoms with Crippen LogP contribution in [0.5, 0.6) is 0 Å². The Morgan fingerprint density at radius 1 is 1.29 bits per heavy atom. The Kier molecular flexibility index (Phi) is 3.38. The fraction of sp³-hybridized carbons (Fsp3) is 0.231. The summed E-state index contributed by atoms with van der Waals surface area (Å²) in [5.41, 5.74) is 2.89. The minimum atomic E-state index is -0.237. The van der Waals surface area contributed by atoms with Crippen LogP contribution < -0.4 is 0 Å². The van der Waals surface area contributed by atoms with Gasteiger partial charge in [0.25, 0.3) is 0 Å². The van der Waals surface area contributed by atoms with Crippen LogP contribution in [0.2, 0.25) is 5.15 Å². The second-order valence-electron chi connectivity index (χ2n) is 3.81. The van der Waals surface area contributed by atoms with Gasteiger partial charge in [-0.1, -0.05) is 30.7 Å². The minimum absolute atomic E-state index is 0.237. The smallest absolute Gasteiger partial charge is 0.136 e. The zero-order chi connectivity index (χ0) is 12.4. The molecule has 1 aromatic carbocycles. The molecule has 0 N–H and O–H groups in total. The van der Waals surface area contributed by atoms with Gasteiger partial charge in [-0.3, -0.25) is 0 Å². The van der Waals surface area contributed by atoms with Gasteiger partial charge in [0.2, 0.25) is 0 Å². The second kappa shape index (κ2) is 4.80. The van der Waals surface area contributed by atoms with E-state index >= 15 is 0 Å². The van der Waals surface area contributed by atoms with Gasteiger partial charge >= 0.3 is 0 Å². The summed E-state index contributed by atoms with van der Waals surface area (Å²) < 4.78 is 13.5. The predicted molar refractivity (Wildman–Crippen MR) is 66.6 cm³/mol. The zero-order valence-electron chi connectivity index (χ0n) is 9.67. The molecule has 4 heteroatoms. The molecule has 0 atom stereocenters. The number of benzene rings is 1. The van der Waals surface area contributed by atoms with Crippen LogP contribution in [0.25, 0.3) is 11.3 Å². The second-order valence-corrected chi connectivity index (χ2v) is 4.17. The summed E-state index contributed by atoms with van der Waals surface area (Å²) >= 11 is 6.01. The van der Waals surface area contributed by atoms with Crippen molar-refractivity contribution < 1.29 is 4.39 Å². The molecule has 1 heterocycles. The third-order valence-electron chi connectivity index (χ3n) is 2.69. The van der Waals surface area contributed by atoms with Crippen molar-refractivity contribution >= 4 is 11.6 Å². The molecule has 0 radical (unpaired) electrons. The highest BCUT2D eigenvalue weighted by atomic mass is 35.5. The molecule has 0 bridgehead atoms. The van der Waals surface area contributed by atoms with E-state index in [2.05, 4.69) is 9.97 Å². The Morgan fingerprint density at radius 2 is 2.06 bits per heavy atom. The van der Waals surface area contributed by atoms with E-state index in [1.54, 1.807) is 13.0 Å². The lowest BCUT2D eigenvalue weighted by molar-refractivity contribution is 0.619. The van der Waals surface area contributed by atoms with Crippen LogP contribution in [0.3, 0.4) is 0 Å². The fourth-order valence-corrected chi connectivity index (χ4v) is 1.96. The Hall–Kier alpha value is -1.48. The molecule has 1 aromatic heterocycles.